The maximum absolute atomic E-state index is 11.3. The average Bonchev–Trinajstić information content (AvgIpc) is 2.61. The molecule has 1 heterocycles. The van der Waals surface area contributed by atoms with Crippen molar-refractivity contribution in [3.8, 4) is 0 Å². The zero-order valence-electron chi connectivity index (χ0n) is 8.88. The molecule has 8 nitrogen and oxygen atoms in total. The number of aryl methyl sites for hydroxylation is 1. The third-order valence-electron chi connectivity index (χ3n) is 1.68. The highest BCUT2D eigenvalue weighted by Gasteiger charge is 2.07. The summed E-state index contributed by atoms with van der Waals surface area (Å²) in [5, 5.41) is 16.3. The van der Waals surface area contributed by atoms with Crippen molar-refractivity contribution in [3.05, 3.63) is 24.4 Å². The van der Waals surface area contributed by atoms with E-state index in [4.69, 9.17) is 5.11 Å². The first kappa shape index (κ1) is 12.4. The molecule has 0 saturated heterocycles. The fourth-order valence-corrected chi connectivity index (χ4v) is 0.945. The number of imide groups is 1. The summed E-state index contributed by atoms with van der Waals surface area (Å²) in [7, 11) is 1.61. The minimum atomic E-state index is -1.27. The first-order chi connectivity index (χ1) is 7.99. The first-order valence-electron chi connectivity index (χ1n) is 4.50. The number of carboxylic acids is 1. The molecule has 1 aromatic rings. The number of aromatic nitrogens is 2. The van der Waals surface area contributed by atoms with Gasteiger partial charge in [0.25, 0.3) is 5.91 Å². The number of nitrogens with zero attached hydrogens (tertiary/aromatic N) is 2. The summed E-state index contributed by atoms with van der Waals surface area (Å²) in [5.74, 6) is -1.70. The number of rotatable bonds is 3. The van der Waals surface area contributed by atoms with Gasteiger partial charge in [-0.2, -0.15) is 5.10 Å². The van der Waals surface area contributed by atoms with Crippen LogP contribution in [0.1, 0.15) is 0 Å². The molecule has 0 aliphatic carbocycles. The number of amides is 3. The minimum absolute atomic E-state index is 0.400. The molecule has 0 bridgehead atoms. The summed E-state index contributed by atoms with van der Waals surface area (Å²) >= 11 is 0. The maximum atomic E-state index is 11.3. The Morgan fingerprint density at radius 1 is 1.41 bits per heavy atom. The Hall–Kier alpha value is -2.64. The van der Waals surface area contributed by atoms with Gasteiger partial charge in [-0.15, -0.1) is 0 Å². The predicted molar refractivity (Wildman–Crippen MR) is 57.1 cm³/mol. The standard InChI is InChI=1S/C9H10N4O4/c1-13-6(4-5-10-13)11-9(17)12-7(14)2-3-8(15)16/h2-5H,1H3,(H,15,16)(H2,11,12,14,17). The number of hydrogen-bond acceptors (Lipinski definition) is 4. The lowest BCUT2D eigenvalue weighted by Gasteiger charge is -2.04. The number of aliphatic carboxylic acids is 1. The highest BCUT2D eigenvalue weighted by atomic mass is 16.4. The molecule has 8 heteroatoms. The zero-order valence-corrected chi connectivity index (χ0v) is 8.88. The van der Waals surface area contributed by atoms with Crippen molar-refractivity contribution in [2.75, 3.05) is 5.32 Å². The van der Waals surface area contributed by atoms with Crippen LogP contribution in [-0.2, 0) is 16.6 Å². The summed E-state index contributed by atoms with van der Waals surface area (Å²) in [6.07, 6.45) is 2.85. The van der Waals surface area contributed by atoms with Crippen LogP contribution in [0.3, 0.4) is 0 Å². The molecular formula is C9H10N4O4. The van der Waals surface area contributed by atoms with Crippen LogP contribution in [0.4, 0.5) is 10.6 Å². The molecule has 0 saturated carbocycles. The molecule has 0 radical (unpaired) electrons. The van der Waals surface area contributed by atoms with E-state index in [-0.39, 0.29) is 0 Å². The molecule has 3 amide bonds. The second-order valence-corrected chi connectivity index (χ2v) is 2.96. The minimum Gasteiger partial charge on any atom is -0.478 e. The Balaban J connectivity index is 2.48. The van der Waals surface area contributed by atoms with E-state index >= 15 is 0 Å². The Kier molecular flexibility index (Phi) is 3.98. The van der Waals surface area contributed by atoms with E-state index in [1.165, 1.54) is 16.9 Å². The molecule has 0 aliphatic heterocycles. The van der Waals surface area contributed by atoms with E-state index in [1.54, 1.807) is 7.05 Å². The monoisotopic (exact) mass is 238 g/mol. The zero-order chi connectivity index (χ0) is 12.8. The van der Waals surface area contributed by atoms with Gasteiger partial charge in [-0.1, -0.05) is 0 Å². The summed E-state index contributed by atoms with van der Waals surface area (Å²) < 4.78 is 1.40. The lowest BCUT2D eigenvalue weighted by atomic mass is 10.5. The number of anilines is 1. The fourth-order valence-electron chi connectivity index (χ4n) is 0.945. The quantitative estimate of drug-likeness (QED) is 0.626. The largest absolute Gasteiger partial charge is 0.478 e. The van der Waals surface area contributed by atoms with E-state index in [0.717, 1.165) is 6.08 Å². The smallest absolute Gasteiger partial charge is 0.328 e. The van der Waals surface area contributed by atoms with E-state index in [9.17, 15) is 14.4 Å². The number of hydrogen-bond donors (Lipinski definition) is 3. The highest BCUT2D eigenvalue weighted by molar-refractivity contribution is 6.06. The van der Waals surface area contributed by atoms with Crippen molar-refractivity contribution < 1.29 is 19.5 Å². The van der Waals surface area contributed by atoms with Gasteiger partial charge in [-0.25, -0.2) is 9.59 Å². The van der Waals surface area contributed by atoms with Gasteiger partial charge in [-0.3, -0.25) is 20.1 Å². The molecule has 0 unspecified atom stereocenters. The molecule has 0 atom stereocenters. The summed E-state index contributed by atoms with van der Waals surface area (Å²) in [6.45, 7) is 0. The van der Waals surface area contributed by atoms with Gasteiger partial charge in [0.2, 0.25) is 0 Å². The van der Waals surface area contributed by atoms with Crippen molar-refractivity contribution in [1.29, 1.82) is 0 Å². The molecule has 90 valence electrons. The number of carbonyl (C=O) groups is 3. The Morgan fingerprint density at radius 2 is 2.12 bits per heavy atom. The Bertz CT molecular complexity index is 477. The molecule has 17 heavy (non-hydrogen) atoms. The normalized spacial score (nSPS) is 10.2. The van der Waals surface area contributed by atoms with Gasteiger partial charge < -0.3 is 5.11 Å². The Morgan fingerprint density at radius 3 is 2.65 bits per heavy atom. The predicted octanol–water partition coefficient (Wildman–Crippen LogP) is -0.291. The van der Waals surface area contributed by atoms with Crippen LogP contribution in [0.5, 0.6) is 0 Å². The number of nitrogens with one attached hydrogen (secondary N) is 2. The lowest BCUT2D eigenvalue weighted by Crippen LogP contribution is -2.33. The van der Waals surface area contributed by atoms with Crippen molar-refractivity contribution in [2.45, 2.75) is 0 Å². The van der Waals surface area contributed by atoms with Gasteiger partial charge in [-0.05, 0) is 0 Å². The SMILES string of the molecule is Cn1nccc1NC(=O)NC(=O)C=CC(=O)O. The molecule has 1 rings (SSSR count). The van der Waals surface area contributed by atoms with Gasteiger partial charge in [0.15, 0.2) is 0 Å². The number of carbonyl (C=O) groups excluding carboxylic acids is 2. The van der Waals surface area contributed by atoms with Crippen LogP contribution in [0.15, 0.2) is 24.4 Å². The third kappa shape index (κ3) is 4.16. The summed E-state index contributed by atoms with van der Waals surface area (Å²) in [4.78, 5) is 32.4. The molecule has 1 aromatic heterocycles. The van der Waals surface area contributed by atoms with E-state index in [2.05, 4.69) is 10.4 Å². The second kappa shape index (κ2) is 5.45. The molecule has 0 aromatic carbocycles. The van der Waals surface area contributed by atoms with Crippen molar-refractivity contribution in [1.82, 2.24) is 15.1 Å². The van der Waals surface area contributed by atoms with Crippen LogP contribution in [0.25, 0.3) is 0 Å². The molecule has 0 spiro atoms. The van der Waals surface area contributed by atoms with E-state index < -0.39 is 17.9 Å². The lowest BCUT2D eigenvalue weighted by molar-refractivity contribution is -0.131. The Labute approximate surface area is 95.9 Å². The molecule has 3 N–H and O–H groups in total. The number of urea groups is 1. The van der Waals surface area contributed by atoms with Gasteiger partial charge in [0.1, 0.15) is 5.82 Å². The summed E-state index contributed by atoms with van der Waals surface area (Å²) in [5.41, 5.74) is 0. The van der Waals surface area contributed by atoms with Crippen LogP contribution in [0.2, 0.25) is 0 Å². The topological polar surface area (TPSA) is 113 Å². The summed E-state index contributed by atoms with van der Waals surface area (Å²) in [6, 6.07) is 0.769. The number of carboxylic acid groups (broad SMARTS) is 1. The van der Waals surface area contributed by atoms with Crippen LogP contribution >= 0.6 is 0 Å². The van der Waals surface area contributed by atoms with Crippen LogP contribution in [-0.4, -0.2) is 32.8 Å². The van der Waals surface area contributed by atoms with Crippen molar-refractivity contribution in [3.63, 3.8) is 0 Å². The second-order valence-electron chi connectivity index (χ2n) is 2.96. The first-order valence-corrected chi connectivity index (χ1v) is 4.50. The van der Waals surface area contributed by atoms with E-state index in [0.29, 0.717) is 11.9 Å². The van der Waals surface area contributed by atoms with Crippen LogP contribution in [0, 0.1) is 0 Å². The van der Waals surface area contributed by atoms with Gasteiger partial charge in [0, 0.05) is 25.3 Å². The van der Waals surface area contributed by atoms with E-state index in [1.807, 2.05) is 5.32 Å². The van der Waals surface area contributed by atoms with Crippen LogP contribution < -0.4 is 10.6 Å². The highest BCUT2D eigenvalue weighted by Crippen LogP contribution is 2.02. The molecular weight excluding hydrogens is 228 g/mol. The van der Waals surface area contributed by atoms with Gasteiger partial charge in [0.05, 0.1) is 6.20 Å². The fraction of sp³-hybridized carbons (Fsp3) is 0.111. The maximum Gasteiger partial charge on any atom is 0.328 e. The third-order valence-corrected chi connectivity index (χ3v) is 1.68. The molecule has 0 fully saturated rings. The van der Waals surface area contributed by atoms with Crippen molar-refractivity contribution in [2.24, 2.45) is 7.05 Å². The van der Waals surface area contributed by atoms with Crippen molar-refractivity contribution >= 4 is 23.7 Å². The van der Waals surface area contributed by atoms with Gasteiger partial charge >= 0.3 is 12.0 Å². The average molecular weight is 238 g/mol. The molecule has 0 aliphatic rings.